The summed E-state index contributed by atoms with van der Waals surface area (Å²) in [7, 11) is -2.44. The molecule has 31 heavy (non-hydrogen) atoms. The SMILES string of the molecule is COc1cc(NS(=O)(=O)c2ccccc2-c2cccc(F)c2)ccc1-n1cnc(C)c1. The van der Waals surface area contributed by atoms with Crippen molar-refractivity contribution < 1.29 is 17.5 Å². The fraction of sp³-hybridized carbons (Fsp3) is 0.0870. The number of sulfonamides is 1. The van der Waals surface area contributed by atoms with Crippen LogP contribution in [0.1, 0.15) is 5.69 Å². The van der Waals surface area contributed by atoms with E-state index in [1.54, 1.807) is 59.4 Å². The summed E-state index contributed by atoms with van der Waals surface area (Å²) in [5.41, 5.74) is 2.80. The Kier molecular flexibility index (Phi) is 5.48. The quantitative estimate of drug-likeness (QED) is 0.470. The van der Waals surface area contributed by atoms with E-state index < -0.39 is 15.8 Å². The highest BCUT2D eigenvalue weighted by Crippen LogP contribution is 2.31. The maximum absolute atomic E-state index is 13.7. The molecule has 1 aromatic heterocycles. The number of aryl methyl sites for hydroxylation is 1. The van der Waals surface area contributed by atoms with E-state index >= 15 is 0 Å². The van der Waals surface area contributed by atoms with Crippen LogP contribution in [0.25, 0.3) is 16.8 Å². The molecule has 4 aromatic rings. The first kappa shape index (κ1) is 20.6. The average Bonchev–Trinajstić information content (AvgIpc) is 3.19. The molecule has 0 saturated carbocycles. The highest BCUT2D eigenvalue weighted by atomic mass is 32.2. The van der Waals surface area contributed by atoms with Crippen molar-refractivity contribution in [1.82, 2.24) is 9.55 Å². The van der Waals surface area contributed by atoms with Crippen molar-refractivity contribution in [2.75, 3.05) is 11.8 Å². The molecule has 0 unspecified atom stereocenters. The molecule has 4 rings (SSSR count). The van der Waals surface area contributed by atoms with Gasteiger partial charge >= 0.3 is 0 Å². The van der Waals surface area contributed by atoms with Crippen molar-refractivity contribution in [2.24, 2.45) is 0 Å². The van der Waals surface area contributed by atoms with Crippen molar-refractivity contribution in [3.05, 3.63) is 90.8 Å². The van der Waals surface area contributed by atoms with E-state index in [1.165, 1.54) is 25.3 Å². The van der Waals surface area contributed by atoms with E-state index in [9.17, 15) is 12.8 Å². The molecular weight excluding hydrogens is 417 g/mol. The number of methoxy groups -OCH3 is 1. The number of rotatable bonds is 6. The molecule has 0 amide bonds. The van der Waals surface area contributed by atoms with Gasteiger partial charge in [-0.25, -0.2) is 17.8 Å². The summed E-state index contributed by atoms with van der Waals surface area (Å²) < 4.78 is 49.9. The molecule has 1 heterocycles. The Morgan fingerprint density at radius 2 is 1.84 bits per heavy atom. The van der Waals surface area contributed by atoms with Crippen LogP contribution in [-0.4, -0.2) is 25.1 Å². The van der Waals surface area contributed by atoms with Gasteiger partial charge in [-0.1, -0.05) is 30.3 Å². The number of hydrogen-bond acceptors (Lipinski definition) is 4. The van der Waals surface area contributed by atoms with Crippen LogP contribution >= 0.6 is 0 Å². The minimum atomic E-state index is -3.95. The Labute approximate surface area is 180 Å². The van der Waals surface area contributed by atoms with Crippen LogP contribution in [0.5, 0.6) is 5.75 Å². The third-order valence-electron chi connectivity index (χ3n) is 4.73. The van der Waals surface area contributed by atoms with Gasteiger partial charge in [0.15, 0.2) is 0 Å². The predicted molar refractivity (Wildman–Crippen MR) is 117 cm³/mol. The van der Waals surface area contributed by atoms with Crippen LogP contribution in [-0.2, 0) is 10.0 Å². The number of aromatic nitrogens is 2. The van der Waals surface area contributed by atoms with Crippen LogP contribution < -0.4 is 9.46 Å². The standard InChI is InChI=1S/C23H20FN3O3S/c1-16-14-27(15-25-16)21-11-10-19(13-22(21)30-2)26-31(28,29)23-9-4-3-8-20(23)17-6-5-7-18(24)12-17/h3-15,26H,1-2H3. The number of benzene rings is 3. The second-order valence-corrected chi connectivity index (χ2v) is 8.57. The van der Waals surface area contributed by atoms with Gasteiger partial charge in [-0.05, 0) is 42.8 Å². The largest absolute Gasteiger partial charge is 0.494 e. The summed E-state index contributed by atoms with van der Waals surface area (Å²) in [6.45, 7) is 1.88. The molecule has 0 bridgehead atoms. The van der Waals surface area contributed by atoms with Crippen LogP contribution in [0, 0.1) is 12.7 Å². The van der Waals surface area contributed by atoms with Gasteiger partial charge in [0, 0.05) is 17.8 Å². The topological polar surface area (TPSA) is 73.2 Å². The number of imidazole rings is 1. The Bertz CT molecular complexity index is 1350. The van der Waals surface area contributed by atoms with E-state index in [4.69, 9.17) is 4.74 Å². The smallest absolute Gasteiger partial charge is 0.262 e. The molecule has 0 saturated heterocycles. The zero-order chi connectivity index (χ0) is 22.0. The van der Waals surface area contributed by atoms with Crippen molar-refractivity contribution in [1.29, 1.82) is 0 Å². The minimum absolute atomic E-state index is 0.0499. The number of anilines is 1. The molecule has 0 aliphatic carbocycles. The second-order valence-electron chi connectivity index (χ2n) is 6.92. The van der Waals surface area contributed by atoms with Gasteiger partial charge in [0.1, 0.15) is 11.6 Å². The molecule has 8 heteroatoms. The summed E-state index contributed by atoms with van der Waals surface area (Å²) >= 11 is 0. The average molecular weight is 437 g/mol. The van der Waals surface area contributed by atoms with Crippen LogP contribution in [0.15, 0.2) is 84.1 Å². The number of nitrogens with one attached hydrogen (secondary N) is 1. The normalized spacial score (nSPS) is 11.3. The molecular formula is C23H20FN3O3S. The van der Waals surface area contributed by atoms with E-state index in [0.29, 0.717) is 22.6 Å². The van der Waals surface area contributed by atoms with E-state index in [0.717, 1.165) is 11.4 Å². The lowest BCUT2D eigenvalue weighted by atomic mass is 10.1. The van der Waals surface area contributed by atoms with Gasteiger partial charge in [-0.15, -0.1) is 0 Å². The van der Waals surface area contributed by atoms with Gasteiger partial charge in [-0.2, -0.15) is 0 Å². The van der Waals surface area contributed by atoms with Crippen molar-refractivity contribution >= 4 is 15.7 Å². The summed E-state index contributed by atoms with van der Waals surface area (Å²) in [5, 5.41) is 0. The lowest BCUT2D eigenvalue weighted by Crippen LogP contribution is -2.14. The molecule has 6 nitrogen and oxygen atoms in total. The number of halogens is 1. The first-order valence-electron chi connectivity index (χ1n) is 9.44. The summed E-state index contributed by atoms with van der Waals surface area (Å²) in [6.07, 6.45) is 3.50. The first-order valence-corrected chi connectivity index (χ1v) is 10.9. The van der Waals surface area contributed by atoms with Crippen LogP contribution in [0.2, 0.25) is 0 Å². The Balaban J connectivity index is 1.70. The molecule has 0 radical (unpaired) electrons. The summed E-state index contributed by atoms with van der Waals surface area (Å²) in [6, 6.07) is 17.3. The Morgan fingerprint density at radius 3 is 2.55 bits per heavy atom. The van der Waals surface area contributed by atoms with Crippen molar-refractivity contribution in [3.8, 4) is 22.6 Å². The molecule has 0 spiro atoms. The fourth-order valence-corrected chi connectivity index (χ4v) is 4.59. The summed E-state index contributed by atoms with van der Waals surface area (Å²) in [4.78, 5) is 4.25. The van der Waals surface area contributed by atoms with Gasteiger partial charge in [0.25, 0.3) is 10.0 Å². The third-order valence-corrected chi connectivity index (χ3v) is 6.17. The molecule has 0 atom stereocenters. The molecule has 3 aromatic carbocycles. The van der Waals surface area contributed by atoms with Gasteiger partial charge in [0.05, 0.1) is 35.4 Å². The van der Waals surface area contributed by atoms with Gasteiger partial charge in [-0.3, -0.25) is 4.72 Å². The van der Waals surface area contributed by atoms with E-state index in [-0.39, 0.29) is 4.90 Å². The lowest BCUT2D eigenvalue weighted by Gasteiger charge is -2.15. The second kappa shape index (κ2) is 8.23. The van der Waals surface area contributed by atoms with Gasteiger partial charge in [0.2, 0.25) is 0 Å². The zero-order valence-electron chi connectivity index (χ0n) is 16.9. The maximum atomic E-state index is 13.7. The molecule has 0 fully saturated rings. The van der Waals surface area contributed by atoms with Crippen LogP contribution in [0.3, 0.4) is 0 Å². The predicted octanol–water partition coefficient (Wildman–Crippen LogP) is 4.80. The minimum Gasteiger partial charge on any atom is -0.494 e. The van der Waals surface area contributed by atoms with E-state index in [2.05, 4.69) is 9.71 Å². The van der Waals surface area contributed by atoms with Gasteiger partial charge < -0.3 is 9.30 Å². The fourth-order valence-electron chi connectivity index (χ4n) is 3.31. The number of hydrogen-bond donors (Lipinski definition) is 1. The summed E-state index contributed by atoms with van der Waals surface area (Å²) in [5.74, 6) is 0.0451. The van der Waals surface area contributed by atoms with Crippen molar-refractivity contribution in [3.63, 3.8) is 0 Å². The number of ether oxygens (including phenoxy) is 1. The number of nitrogens with zero attached hydrogens (tertiary/aromatic N) is 2. The highest BCUT2D eigenvalue weighted by molar-refractivity contribution is 7.92. The lowest BCUT2D eigenvalue weighted by molar-refractivity contribution is 0.413. The first-order chi connectivity index (χ1) is 14.9. The Hall–Kier alpha value is -3.65. The maximum Gasteiger partial charge on any atom is 0.262 e. The molecule has 158 valence electrons. The highest BCUT2D eigenvalue weighted by Gasteiger charge is 2.20. The Morgan fingerprint density at radius 1 is 1.03 bits per heavy atom. The van der Waals surface area contributed by atoms with Crippen molar-refractivity contribution in [2.45, 2.75) is 11.8 Å². The molecule has 0 aliphatic rings. The molecule has 1 N–H and O–H groups in total. The monoisotopic (exact) mass is 437 g/mol. The third kappa shape index (κ3) is 4.29. The molecule has 0 aliphatic heterocycles. The van der Waals surface area contributed by atoms with Crippen LogP contribution in [0.4, 0.5) is 10.1 Å². The zero-order valence-corrected chi connectivity index (χ0v) is 17.7. The van der Waals surface area contributed by atoms with E-state index in [1.807, 2.05) is 13.1 Å².